The molecule has 0 atom stereocenters. The van der Waals surface area contributed by atoms with Crippen LogP contribution in [0, 0.1) is 0 Å². The van der Waals surface area contributed by atoms with Gasteiger partial charge in [-0.15, -0.1) is 0 Å². The van der Waals surface area contributed by atoms with Crippen molar-refractivity contribution in [2.45, 2.75) is 6.42 Å². The van der Waals surface area contributed by atoms with Gasteiger partial charge in [-0.05, 0) is 12.2 Å². The third-order valence-corrected chi connectivity index (χ3v) is 1.61. The molecule has 0 spiro atoms. The van der Waals surface area contributed by atoms with Crippen LogP contribution in [0.15, 0.2) is 23.9 Å². The Kier molecular flexibility index (Phi) is 19.2. The molecule has 0 fully saturated rings. The minimum absolute atomic E-state index is 0. The first-order valence-electron chi connectivity index (χ1n) is 3.50. The fourth-order valence-electron chi connectivity index (χ4n) is 0.933. The van der Waals surface area contributed by atoms with Crippen LogP contribution in [0.5, 0.6) is 0 Å². The number of hydrogen-bond acceptors (Lipinski definition) is 1. The Morgan fingerprint density at radius 2 is 1.80 bits per heavy atom. The summed E-state index contributed by atoms with van der Waals surface area (Å²) in [5.74, 6) is 0. The van der Waals surface area contributed by atoms with Crippen molar-refractivity contribution in [3.05, 3.63) is 29.5 Å². The van der Waals surface area contributed by atoms with Crippen LogP contribution in [0.2, 0.25) is 0 Å². The molecule has 0 bridgehead atoms. The number of halogens is 2. The largest absolute Gasteiger partial charge is 2.00 e. The number of rotatable bonds is 1. The minimum Gasteiger partial charge on any atom is -1.00 e. The van der Waals surface area contributed by atoms with Crippen molar-refractivity contribution in [1.29, 1.82) is 0 Å². The van der Waals surface area contributed by atoms with Gasteiger partial charge >= 0.3 is 19.5 Å². The van der Waals surface area contributed by atoms with Gasteiger partial charge in [0.05, 0.1) is 6.42 Å². The zero-order chi connectivity index (χ0) is 8.27. The average molecular weight is 304 g/mol. The van der Waals surface area contributed by atoms with E-state index in [-0.39, 0.29) is 49.8 Å². The van der Waals surface area contributed by atoms with Gasteiger partial charge in [-0.1, -0.05) is 0 Å². The average Bonchev–Trinajstić information content (AvgIpc) is 2.05. The van der Waals surface area contributed by atoms with Crippen LogP contribution in [0.3, 0.4) is 0 Å². The maximum atomic E-state index is 8.41. The SMILES string of the molecule is CN(C)C1=CCC(=[N+]=[N-])C=C1.O.[Cl-].[Cl-].[Zn+2]. The summed E-state index contributed by atoms with van der Waals surface area (Å²) in [5, 5.41) is 0. The van der Waals surface area contributed by atoms with E-state index in [2.05, 4.69) is 4.79 Å². The molecule has 0 amide bonds. The monoisotopic (exact) mass is 301 g/mol. The Bertz CT molecular complexity index is 273. The van der Waals surface area contributed by atoms with E-state index in [0.717, 1.165) is 5.70 Å². The van der Waals surface area contributed by atoms with Crippen molar-refractivity contribution in [1.82, 2.24) is 4.90 Å². The number of allylic oxidation sites excluding steroid dienone is 3. The quantitative estimate of drug-likeness (QED) is 0.270. The molecule has 0 aromatic carbocycles. The fourth-order valence-corrected chi connectivity index (χ4v) is 0.933. The van der Waals surface area contributed by atoms with E-state index in [9.17, 15) is 0 Å². The third-order valence-electron chi connectivity index (χ3n) is 1.61. The van der Waals surface area contributed by atoms with Gasteiger partial charge in [-0.2, -0.15) is 4.79 Å². The number of hydrogen-bond donors (Lipinski definition) is 0. The fraction of sp³-hybridized carbons (Fsp3) is 0.375. The summed E-state index contributed by atoms with van der Waals surface area (Å²) in [6.45, 7) is 0. The second kappa shape index (κ2) is 11.9. The molecule has 1 aliphatic carbocycles. The first kappa shape index (κ1) is 24.2. The maximum absolute atomic E-state index is 8.41. The van der Waals surface area contributed by atoms with E-state index in [0.29, 0.717) is 12.1 Å². The molecular weight excluding hydrogens is 290 g/mol. The molecule has 0 aliphatic heterocycles. The Labute approximate surface area is 115 Å². The van der Waals surface area contributed by atoms with Gasteiger partial charge in [0, 0.05) is 25.9 Å². The maximum Gasteiger partial charge on any atom is 2.00 e. The smallest absolute Gasteiger partial charge is 1.00 e. The minimum atomic E-state index is 0. The summed E-state index contributed by atoms with van der Waals surface area (Å²) >= 11 is 0. The second-order valence-corrected chi connectivity index (χ2v) is 2.65. The summed E-state index contributed by atoms with van der Waals surface area (Å²) in [7, 11) is 3.97. The van der Waals surface area contributed by atoms with E-state index >= 15 is 0 Å². The third kappa shape index (κ3) is 7.72. The van der Waals surface area contributed by atoms with E-state index in [1.807, 2.05) is 37.2 Å². The molecule has 0 aromatic rings. The van der Waals surface area contributed by atoms with Crippen LogP contribution < -0.4 is 24.8 Å². The zero-order valence-corrected chi connectivity index (χ0v) is 13.2. The van der Waals surface area contributed by atoms with E-state index in [4.69, 9.17) is 5.53 Å². The Balaban J connectivity index is -0.000000151. The second-order valence-electron chi connectivity index (χ2n) is 2.65. The molecule has 4 nitrogen and oxygen atoms in total. The van der Waals surface area contributed by atoms with Gasteiger partial charge in [-0.3, -0.25) is 0 Å². The van der Waals surface area contributed by atoms with Gasteiger partial charge in [0.2, 0.25) is 0 Å². The molecule has 1 aliphatic rings. The predicted octanol–water partition coefficient (Wildman–Crippen LogP) is -5.76. The summed E-state index contributed by atoms with van der Waals surface area (Å²) in [4.78, 5) is 5.13. The molecule has 0 saturated carbocycles. The van der Waals surface area contributed by atoms with Crippen LogP contribution >= 0.6 is 0 Å². The normalized spacial score (nSPS) is 11.6. The topological polar surface area (TPSA) is 71.1 Å². The van der Waals surface area contributed by atoms with Crippen molar-refractivity contribution in [3.8, 4) is 0 Å². The summed E-state index contributed by atoms with van der Waals surface area (Å²) < 4.78 is 0. The molecule has 0 radical (unpaired) electrons. The Morgan fingerprint density at radius 3 is 2.07 bits per heavy atom. The van der Waals surface area contributed by atoms with Crippen LogP contribution in [-0.4, -0.2) is 35.0 Å². The van der Waals surface area contributed by atoms with E-state index in [1.165, 1.54) is 0 Å². The van der Waals surface area contributed by atoms with Crippen molar-refractivity contribution >= 4 is 5.71 Å². The molecular formula is C8H13Cl2N3OZn. The molecule has 0 heterocycles. The van der Waals surface area contributed by atoms with Crippen LogP contribution in [0.1, 0.15) is 6.42 Å². The number of likely N-dealkylation sites (N-methyl/N-ethyl adjacent to an activating group) is 1. The molecule has 0 saturated heterocycles. The summed E-state index contributed by atoms with van der Waals surface area (Å²) in [5.41, 5.74) is 10.3. The van der Waals surface area contributed by atoms with Gasteiger partial charge in [0.15, 0.2) is 0 Å². The van der Waals surface area contributed by atoms with E-state index in [1.54, 1.807) is 0 Å². The Hall–Kier alpha value is -0.177. The van der Waals surface area contributed by atoms with Crippen LogP contribution in [-0.2, 0) is 19.5 Å². The molecule has 15 heavy (non-hydrogen) atoms. The Morgan fingerprint density at radius 1 is 1.27 bits per heavy atom. The van der Waals surface area contributed by atoms with Gasteiger partial charge in [0.1, 0.15) is 0 Å². The molecule has 2 N–H and O–H groups in total. The van der Waals surface area contributed by atoms with Crippen molar-refractivity contribution in [2.75, 3.05) is 14.1 Å². The standard InChI is InChI=1S/C8H11N3.2ClH.H2O.Zn/c1-11(2)8-5-3-7(10-9)4-6-8;;;;/h3,5-6H,4H2,1-2H3;2*1H;1H2;/q;;;;+2/p-2. The summed E-state index contributed by atoms with van der Waals surface area (Å²) in [6, 6.07) is 0. The van der Waals surface area contributed by atoms with Crippen molar-refractivity contribution in [2.24, 2.45) is 0 Å². The molecule has 7 heteroatoms. The molecule has 1 rings (SSSR count). The van der Waals surface area contributed by atoms with Crippen LogP contribution in [0.4, 0.5) is 0 Å². The first-order valence-corrected chi connectivity index (χ1v) is 3.50. The summed E-state index contributed by atoms with van der Waals surface area (Å²) in [6.07, 6.45) is 6.48. The van der Waals surface area contributed by atoms with Gasteiger partial charge < -0.3 is 40.7 Å². The molecule has 0 unspecified atom stereocenters. The molecule has 0 aromatic heterocycles. The first-order chi connectivity index (χ1) is 5.24. The molecule has 82 valence electrons. The predicted molar refractivity (Wildman–Crippen MR) is 47.8 cm³/mol. The number of nitrogens with zero attached hydrogens (tertiary/aromatic N) is 3. The van der Waals surface area contributed by atoms with Crippen LogP contribution in [0.25, 0.3) is 5.53 Å². The van der Waals surface area contributed by atoms with Crippen molar-refractivity contribution < 1.29 is 54.6 Å². The van der Waals surface area contributed by atoms with Crippen molar-refractivity contribution in [3.63, 3.8) is 0 Å². The van der Waals surface area contributed by atoms with Gasteiger partial charge in [0.25, 0.3) is 5.71 Å². The van der Waals surface area contributed by atoms with Gasteiger partial charge in [-0.25, -0.2) is 0 Å². The van der Waals surface area contributed by atoms with E-state index < -0.39 is 0 Å². The zero-order valence-electron chi connectivity index (χ0n) is 8.74.